The summed E-state index contributed by atoms with van der Waals surface area (Å²) in [5.41, 5.74) is 17.3. The lowest BCUT2D eigenvalue weighted by Crippen LogP contribution is -2.47. The second kappa shape index (κ2) is 44.5. The first-order valence-corrected chi connectivity index (χ1v) is 44.8. The standard InChI is InChI=1S/C49H55FN4O3S.C29H29FN4O2S.C20H28O2.C2Cl2O2/c1-33(11-16-40-35(3)10-7-20-49(40,4)5)8-6-9-34(2)26-47(56)54-24-22-53(23-25-54)32-38-14-17-42(52-31-38)46-30-43-48(58-46)45(19-21-51-43)57-44-18-15-37(29-41(44)50)28-39(55)27-36-12-13-36;30-23-15-20(14-22(35)13-19-1-2-19)4-6-26(23)36-27-7-8-32-25-16-28(37-29(25)27)24-5-3-21(17-33-24)18-34-11-9-31-10-12-34;1-15(8-6-9-16(2)14-19(21)22)11-12-18-17(3)10-7-13-20(18,4)5;3-1(5)2(4)6/h6,8-9,11,14-19,21,26,29-31,36H,7,10,12-13,20,22-25,27-28,32H2,1-5H3;3-8,15-17,19,31H,1-2,9-14,18H2;6,8-9,11-12,14H,7,10,13H2,1-5H3,(H,21,22);/b9-6+,16-11+,33-8+,34-26+;;9-6+,12-11+,15-8+,16-14+;. The number of carbonyl (C=O) groups is 6. The molecule has 0 radical (unpaired) electrons. The van der Waals surface area contributed by atoms with Crippen LogP contribution >= 0.6 is 45.9 Å². The number of hydrogen-bond donors (Lipinski definition) is 2. The molecule has 6 aliphatic rings. The molecule has 17 nitrogen and oxygen atoms in total. The first-order chi connectivity index (χ1) is 58.9. The van der Waals surface area contributed by atoms with Crippen molar-refractivity contribution in [1.82, 2.24) is 40.0 Å². The Kier molecular flexibility index (Phi) is 33.8. The Morgan fingerprint density at radius 1 is 0.528 bits per heavy atom. The van der Waals surface area contributed by atoms with E-state index in [0.29, 0.717) is 60.4 Å². The fourth-order valence-electron chi connectivity index (χ4n) is 15.5. The van der Waals surface area contributed by atoms with E-state index in [1.165, 1.54) is 113 Å². The minimum atomic E-state index is -1.14. The average molecular weight is 1740 g/mol. The number of hydrogen-bond acceptors (Lipinski definition) is 17. The Balaban J connectivity index is 0.000000192. The molecule has 4 fully saturated rings. The third kappa shape index (κ3) is 29.0. The van der Waals surface area contributed by atoms with Gasteiger partial charge >= 0.3 is 16.5 Å². The number of halogens is 4. The summed E-state index contributed by atoms with van der Waals surface area (Å²) in [5.74, 6) is 0.873. The number of ketones is 2. The van der Waals surface area contributed by atoms with Crippen molar-refractivity contribution in [1.29, 1.82) is 0 Å². The summed E-state index contributed by atoms with van der Waals surface area (Å²) in [6, 6.07) is 25.3. The minimum Gasteiger partial charge on any atom is -0.478 e. The Bertz CT molecular complexity index is 5460. The van der Waals surface area contributed by atoms with Gasteiger partial charge in [0.05, 0.1) is 41.6 Å². The molecule has 2 aromatic carbocycles. The molecule has 8 aromatic rings. The summed E-state index contributed by atoms with van der Waals surface area (Å²) in [7, 11) is 0. The van der Waals surface area contributed by atoms with Gasteiger partial charge in [0.25, 0.3) is 0 Å². The molecule has 123 heavy (non-hydrogen) atoms. The molecule has 0 spiro atoms. The van der Waals surface area contributed by atoms with Crippen LogP contribution in [0.5, 0.6) is 23.0 Å². The number of carboxylic acids is 1. The van der Waals surface area contributed by atoms with Crippen LogP contribution in [0, 0.1) is 34.3 Å². The normalized spacial score (nSPS) is 17.5. The van der Waals surface area contributed by atoms with E-state index in [1.807, 2.05) is 72.8 Å². The number of rotatable bonds is 29. The van der Waals surface area contributed by atoms with Crippen molar-refractivity contribution < 1.29 is 52.1 Å². The molecule has 2 aliphatic heterocycles. The third-order valence-electron chi connectivity index (χ3n) is 22.7. The summed E-state index contributed by atoms with van der Waals surface area (Å²) in [5, 5.41) is 9.75. The van der Waals surface area contributed by atoms with E-state index < -0.39 is 28.1 Å². The first kappa shape index (κ1) is 93.6. The van der Waals surface area contributed by atoms with E-state index in [-0.39, 0.29) is 52.6 Å². The maximum Gasteiger partial charge on any atom is 0.328 e. The van der Waals surface area contributed by atoms with E-state index in [9.17, 15) is 33.2 Å². The van der Waals surface area contributed by atoms with Crippen LogP contribution in [0.15, 0.2) is 227 Å². The minimum absolute atomic E-state index is 0.0527. The monoisotopic (exact) mass is 1740 g/mol. The van der Waals surface area contributed by atoms with Gasteiger partial charge in [-0.15, -0.1) is 22.7 Å². The molecule has 0 unspecified atom stereocenters. The number of carbonyl (C=O) groups excluding carboxylic acids is 5. The zero-order valence-corrected chi connectivity index (χ0v) is 75.3. The van der Waals surface area contributed by atoms with E-state index in [4.69, 9.17) is 24.5 Å². The summed E-state index contributed by atoms with van der Waals surface area (Å²) < 4.78 is 43.7. The number of pyridine rings is 4. The third-order valence-corrected chi connectivity index (χ3v) is 25.4. The molecular formula is C100H112Cl2F2N8O9S2. The fraction of sp³-hybridized carbons (Fsp3) is 0.380. The average Bonchev–Trinajstić information content (AvgIpc) is 1.63. The van der Waals surface area contributed by atoms with Crippen LogP contribution in [0.3, 0.4) is 0 Å². The number of nitrogens with zero attached hydrogens (tertiary/aromatic N) is 7. The van der Waals surface area contributed by atoms with Gasteiger partial charge in [-0.05, 0) is 245 Å². The smallest absolute Gasteiger partial charge is 0.328 e. The number of benzene rings is 2. The highest BCUT2D eigenvalue weighted by atomic mass is 35.5. The molecule has 1 amide bonds. The fourth-order valence-corrected chi connectivity index (χ4v) is 17.6. The Hall–Kier alpha value is -10.1. The van der Waals surface area contributed by atoms with Crippen molar-refractivity contribution in [2.45, 2.75) is 172 Å². The van der Waals surface area contributed by atoms with Crippen LogP contribution in [0.4, 0.5) is 8.78 Å². The molecule has 6 aromatic heterocycles. The molecule has 2 N–H and O–H groups in total. The van der Waals surface area contributed by atoms with Crippen LogP contribution in [0.1, 0.15) is 169 Å². The van der Waals surface area contributed by atoms with Crippen molar-refractivity contribution in [3.63, 3.8) is 0 Å². The summed E-state index contributed by atoms with van der Waals surface area (Å²) in [6.45, 7) is 30.5. The van der Waals surface area contributed by atoms with Crippen LogP contribution < -0.4 is 14.8 Å². The zero-order valence-electron chi connectivity index (χ0n) is 72.1. The van der Waals surface area contributed by atoms with Gasteiger partial charge in [0, 0.05) is 140 Å². The number of fused-ring (bicyclic) bond motifs is 2. The summed E-state index contributed by atoms with van der Waals surface area (Å²) >= 11 is 12.0. The number of Topliss-reactive ketones (excluding diaryl/α,β-unsaturated/α-hetero) is 2. The van der Waals surface area contributed by atoms with Gasteiger partial charge in [-0.3, -0.25) is 53.7 Å². The highest BCUT2D eigenvalue weighted by molar-refractivity contribution is 7.23. The predicted molar refractivity (Wildman–Crippen MR) is 492 cm³/mol. The number of piperazine rings is 2. The quantitative estimate of drug-likeness (QED) is 0.0193. The van der Waals surface area contributed by atoms with E-state index >= 15 is 4.39 Å². The number of allylic oxidation sites excluding steroid dienone is 18. The molecule has 0 bridgehead atoms. The van der Waals surface area contributed by atoms with Crippen molar-refractivity contribution in [2.75, 3.05) is 52.4 Å². The molecule has 0 atom stereocenters. The van der Waals surface area contributed by atoms with Gasteiger partial charge < -0.3 is 24.8 Å². The van der Waals surface area contributed by atoms with Crippen molar-refractivity contribution in [2.24, 2.45) is 22.7 Å². The maximum absolute atomic E-state index is 15.1. The number of ether oxygens (including phenoxy) is 2. The maximum atomic E-state index is 15.1. The number of aromatic nitrogens is 4. The molecule has 2 saturated carbocycles. The molecule has 14 rings (SSSR count). The van der Waals surface area contributed by atoms with E-state index in [2.05, 4.69) is 146 Å². The lowest BCUT2D eigenvalue weighted by atomic mass is 9.72. The van der Waals surface area contributed by atoms with Crippen molar-refractivity contribution >= 4 is 100 Å². The topological polar surface area (TPSA) is 214 Å². The van der Waals surface area contributed by atoms with Crippen LogP contribution in [-0.4, -0.2) is 126 Å². The molecule has 4 aliphatic carbocycles. The van der Waals surface area contributed by atoms with Crippen LogP contribution in [0.25, 0.3) is 41.6 Å². The molecule has 2 saturated heterocycles. The molecule has 646 valence electrons. The largest absolute Gasteiger partial charge is 0.478 e. The Labute approximate surface area is 739 Å². The second-order valence-corrected chi connectivity index (χ2v) is 37.0. The first-order valence-electron chi connectivity index (χ1n) is 42.4. The molecular weight excluding hydrogens is 1630 g/mol. The molecule has 8 heterocycles. The second-order valence-electron chi connectivity index (χ2n) is 34.2. The highest BCUT2D eigenvalue weighted by Crippen LogP contribution is 2.45. The number of carboxylic acid groups (broad SMARTS) is 1. The van der Waals surface area contributed by atoms with E-state index in [1.54, 1.807) is 67.9 Å². The lowest BCUT2D eigenvalue weighted by molar-refractivity contribution is -0.131. The van der Waals surface area contributed by atoms with Crippen molar-refractivity contribution in [3.8, 4) is 44.1 Å². The number of nitrogens with one attached hydrogen (secondary N) is 1. The number of thiophene rings is 2. The number of aliphatic carboxylic acids is 1. The summed E-state index contributed by atoms with van der Waals surface area (Å²) in [6.07, 6.45) is 44.4. The summed E-state index contributed by atoms with van der Waals surface area (Å²) in [4.78, 5) is 94.1. The SMILES string of the molecule is CC1=C(/C=C/C(C)=C/C=C/C(C)=C/C(=O)N2CCN(Cc3ccc(-c4cc5nccc(Oc6ccc(CC(=O)CC7CC7)cc6F)c5s4)nc3)CC2)C(C)(C)CCC1.CC1=C(/C=C/C(C)=C/C=C/C(C)=C/C(=O)O)C(C)(C)CCC1.O=C(Cc1ccc(Oc2ccnc3cc(-c4ccc(CN5CCNCC5)cn4)sc23)c(F)c1)CC1CC1.O=C(Cl)C(=O)Cl. The van der Waals surface area contributed by atoms with Gasteiger partial charge in [-0.2, -0.15) is 0 Å². The van der Waals surface area contributed by atoms with Crippen LogP contribution in [0.2, 0.25) is 0 Å². The number of amides is 1. The lowest BCUT2D eigenvalue weighted by Gasteiger charge is -2.34. The Morgan fingerprint density at radius 3 is 1.34 bits per heavy atom. The van der Waals surface area contributed by atoms with Crippen molar-refractivity contribution in [3.05, 3.63) is 261 Å². The van der Waals surface area contributed by atoms with Gasteiger partial charge in [0.2, 0.25) is 5.91 Å². The van der Waals surface area contributed by atoms with Gasteiger partial charge in [-0.1, -0.05) is 135 Å². The predicted octanol–water partition coefficient (Wildman–Crippen LogP) is 23.1. The van der Waals surface area contributed by atoms with Crippen LogP contribution in [-0.2, 0) is 54.7 Å². The van der Waals surface area contributed by atoms with Gasteiger partial charge in [0.1, 0.15) is 23.1 Å². The molecule has 23 heteroatoms. The highest BCUT2D eigenvalue weighted by Gasteiger charge is 2.30. The van der Waals surface area contributed by atoms with E-state index in [0.717, 1.165) is 142 Å². The van der Waals surface area contributed by atoms with Gasteiger partial charge in [-0.25, -0.2) is 13.6 Å². The Morgan fingerprint density at radius 2 is 0.951 bits per heavy atom. The zero-order chi connectivity index (χ0) is 87.9. The van der Waals surface area contributed by atoms with Gasteiger partial charge in [0.15, 0.2) is 23.1 Å².